The first-order valence-corrected chi connectivity index (χ1v) is 9.75. The fourth-order valence-electron chi connectivity index (χ4n) is 3.46. The number of aromatic nitrogens is 2. The summed E-state index contributed by atoms with van der Waals surface area (Å²) in [4.78, 5) is 23.6. The third-order valence-electron chi connectivity index (χ3n) is 5.37. The summed E-state index contributed by atoms with van der Waals surface area (Å²) in [5, 5.41) is 3.19. The summed E-state index contributed by atoms with van der Waals surface area (Å²) in [6.07, 6.45) is 4.35. The van der Waals surface area contributed by atoms with Gasteiger partial charge in [0.15, 0.2) is 0 Å². The SMILES string of the molecule is CCc1cc(N2CCC(NC(=O)C(C)C(N)c3ccccc3)CC2)ncn1. The fraction of sp³-hybridized carbons (Fsp3) is 0.476. The molecule has 0 radical (unpaired) electrons. The molecule has 1 saturated heterocycles. The van der Waals surface area contributed by atoms with Crippen LogP contribution in [0.25, 0.3) is 0 Å². The van der Waals surface area contributed by atoms with Crippen LogP contribution in [0, 0.1) is 5.92 Å². The Morgan fingerprint density at radius 3 is 2.63 bits per heavy atom. The molecule has 144 valence electrons. The molecule has 2 aromatic rings. The second-order valence-electron chi connectivity index (χ2n) is 7.22. The first-order chi connectivity index (χ1) is 13.1. The van der Waals surface area contributed by atoms with E-state index in [-0.39, 0.29) is 23.9 Å². The summed E-state index contributed by atoms with van der Waals surface area (Å²) in [5.41, 5.74) is 8.33. The topological polar surface area (TPSA) is 84.1 Å². The van der Waals surface area contributed by atoms with Gasteiger partial charge in [0.25, 0.3) is 0 Å². The van der Waals surface area contributed by atoms with Gasteiger partial charge in [0.1, 0.15) is 12.1 Å². The molecule has 0 bridgehead atoms. The van der Waals surface area contributed by atoms with Gasteiger partial charge in [-0.3, -0.25) is 4.79 Å². The van der Waals surface area contributed by atoms with Crippen LogP contribution in [-0.2, 0) is 11.2 Å². The lowest BCUT2D eigenvalue weighted by Gasteiger charge is -2.34. The molecule has 6 heteroatoms. The van der Waals surface area contributed by atoms with E-state index in [0.29, 0.717) is 0 Å². The lowest BCUT2D eigenvalue weighted by atomic mass is 9.94. The van der Waals surface area contributed by atoms with Gasteiger partial charge in [-0.25, -0.2) is 9.97 Å². The van der Waals surface area contributed by atoms with Crippen molar-refractivity contribution < 1.29 is 4.79 Å². The Balaban J connectivity index is 1.51. The number of amides is 1. The van der Waals surface area contributed by atoms with Crippen molar-refractivity contribution in [1.82, 2.24) is 15.3 Å². The molecule has 3 N–H and O–H groups in total. The standard InChI is InChI=1S/C21H29N5O/c1-3-17-13-19(24-14-23-17)26-11-9-18(10-12-26)25-21(27)15(2)20(22)16-7-5-4-6-8-16/h4-8,13-15,18,20H,3,9-12,22H2,1-2H3,(H,25,27). The molecule has 1 aliphatic rings. The number of hydrogen-bond acceptors (Lipinski definition) is 5. The number of aryl methyl sites for hydroxylation is 1. The number of nitrogens with zero attached hydrogens (tertiary/aromatic N) is 3. The average molecular weight is 367 g/mol. The molecule has 1 aromatic heterocycles. The van der Waals surface area contributed by atoms with E-state index in [1.165, 1.54) is 0 Å². The molecule has 2 atom stereocenters. The van der Waals surface area contributed by atoms with Gasteiger partial charge in [0, 0.05) is 36.9 Å². The zero-order valence-corrected chi connectivity index (χ0v) is 16.1. The first kappa shape index (κ1) is 19.3. The second-order valence-corrected chi connectivity index (χ2v) is 7.22. The van der Waals surface area contributed by atoms with E-state index < -0.39 is 0 Å². The van der Waals surface area contributed by atoms with Gasteiger partial charge in [0.05, 0.1) is 5.92 Å². The average Bonchev–Trinajstić information content (AvgIpc) is 2.73. The molecule has 6 nitrogen and oxygen atoms in total. The minimum absolute atomic E-state index is 0.0279. The first-order valence-electron chi connectivity index (χ1n) is 9.75. The van der Waals surface area contributed by atoms with Gasteiger partial charge in [-0.1, -0.05) is 44.2 Å². The predicted molar refractivity (Wildman–Crippen MR) is 107 cm³/mol. The van der Waals surface area contributed by atoms with Crippen molar-refractivity contribution in [2.75, 3.05) is 18.0 Å². The Labute approximate surface area is 161 Å². The summed E-state index contributed by atoms with van der Waals surface area (Å²) in [6, 6.07) is 11.7. The third-order valence-corrected chi connectivity index (χ3v) is 5.37. The molecule has 27 heavy (non-hydrogen) atoms. The molecule has 1 amide bonds. The van der Waals surface area contributed by atoms with E-state index in [0.717, 1.165) is 49.4 Å². The number of benzene rings is 1. The lowest BCUT2D eigenvalue weighted by molar-refractivity contribution is -0.126. The highest BCUT2D eigenvalue weighted by atomic mass is 16.2. The molecule has 2 heterocycles. The summed E-state index contributed by atoms with van der Waals surface area (Å²) in [6.45, 7) is 5.75. The van der Waals surface area contributed by atoms with Crippen molar-refractivity contribution in [1.29, 1.82) is 0 Å². The van der Waals surface area contributed by atoms with E-state index in [2.05, 4.69) is 33.2 Å². The van der Waals surface area contributed by atoms with Gasteiger partial charge in [-0.2, -0.15) is 0 Å². The number of hydrogen-bond donors (Lipinski definition) is 2. The van der Waals surface area contributed by atoms with Crippen LogP contribution in [0.2, 0.25) is 0 Å². The molecular formula is C21H29N5O. The molecule has 0 saturated carbocycles. The van der Waals surface area contributed by atoms with Crippen molar-refractivity contribution in [3.63, 3.8) is 0 Å². The minimum Gasteiger partial charge on any atom is -0.356 e. The molecule has 2 unspecified atom stereocenters. The van der Waals surface area contributed by atoms with Crippen molar-refractivity contribution in [2.24, 2.45) is 11.7 Å². The van der Waals surface area contributed by atoms with E-state index in [4.69, 9.17) is 5.73 Å². The normalized spacial score (nSPS) is 17.4. The van der Waals surface area contributed by atoms with Crippen LogP contribution in [0.3, 0.4) is 0 Å². The molecule has 0 spiro atoms. The molecule has 3 rings (SSSR count). The van der Waals surface area contributed by atoms with Gasteiger partial charge >= 0.3 is 0 Å². The maximum absolute atomic E-state index is 12.6. The molecule has 1 aromatic carbocycles. The van der Waals surface area contributed by atoms with Gasteiger partial charge in [-0.15, -0.1) is 0 Å². The summed E-state index contributed by atoms with van der Waals surface area (Å²) >= 11 is 0. The number of anilines is 1. The summed E-state index contributed by atoms with van der Waals surface area (Å²) in [7, 11) is 0. The van der Waals surface area contributed by atoms with E-state index >= 15 is 0 Å². The highest BCUT2D eigenvalue weighted by Crippen LogP contribution is 2.21. The number of carbonyl (C=O) groups is 1. The van der Waals surface area contributed by atoms with Crippen molar-refractivity contribution in [3.8, 4) is 0 Å². The minimum atomic E-state index is -0.292. The number of nitrogens with two attached hydrogens (primary N) is 1. The van der Waals surface area contributed by atoms with E-state index in [1.54, 1.807) is 6.33 Å². The van der Waals surface area contributed by atoms with Crippen molar-refractivity contribution in [3.05, 3.63) is 54.0 Å². The largest absolute Gasteiger partial charge is 0.356 e. The molecule has 1 aliphatic heterocycles. The number of rotatable bonds is 6. The Bertz CT molecular complexity index is 743. The van der Waals surface area contributed by atoms with E-state index in [9.17, 15) is 4.79 Å². The lowest BCUT2D eigenvalue weighted by Crippen LogP contribution is -2.47. The predicted octanol–water partition coefficient (Wildman–Crippen LogP) is 2.46. The smallest absolute Gasteiger partial charge is 0.224 e. The van der Waals surface area contributed by atoms with Crippen LogP contribution in [0.5, 0.6) is 0 Å². The van der Waals surface area contributed by atoms with Gasteiger partial charge in [0.2, 0.25) is 5.91 Å². The number of nitrogens with one attached hydrogen (secondary N) is 1. The highest BCUT2D eigenvalue weighted by Gasteiger charge is 2.26. The Morgan fingerprint density at radius 2 is 1.96 bits per heavy atom. The van der Waals surface area contributed by atoms with Crippen LogP contribution < -0.4 is 16.0 Å². The third kappa shape index (κ3) is 4.83. The van der Waals surface area contributed by atoms with Crippen molar-refractivity contribution >= 4 is 11.7 Å². The van der Waals surface area contributed by atoms with Crippen LogP contribution >= 0.6 is 0 Å². The molecular weight excluding hydrogens is 338 g/mol. The monoisotopic (exact) mass is 367 g/mol. The quantitative estimate of drug-likeness (QED) is 0.819. The molecule has 0 aliphatic carbocycles. The zero-order chi connectivity index (χ0) is 19.2. The maximum Gasteiger partial charge on any atom is 0.224 e. The van der Waals surface area contributed by atoms with Crippen molar-refractivity contribution in [2.45, 2.75) is 45.2 Å². The maximum atomic E-state index is 12.6. The zero-order valence-electron chi connectivity index (χ0n) is 16.1. The highest BCUT2D eigenvalue weighted by molar-refractivity contribution is 5.79. The number of piperidine rings is 1. The van der Waals surface area contributed by atoms with E-state index in [1.807, 2.05) is 37.3 Å². The Kier molecular flexibility index (Phi) is 6.40. The Hall–Kier alpha value is -2.47. The van der Waals surface area contributed by atoms with Crippen LogP contribution in [0.4, 0.5) is 5.82 Å². The van der Waals surface area contributed by atoms with Crippen LogP contribution in [0.15, 0.2) is 42.7 Å². The Morgan fingerprint density at radius 1 is 1.26 bits per heavy atom. The number of carbonyl (C=O) groups excluding carboxylic acids is 1. The summed E-state index contributed by atoms with van der Waals surface area (Å²) < 4.78 is 0. The van der Waals surface area contributed by atoms with Crippen LogP contribution in [-0.4, -0.2) is 35.0 Å². The molecule has 1 fully saturated rings. The summed E-state index contributed by atoms with van der Waals surface area (Å²) in [5.74, 6) is 0.741. The van der Waals surface area contributed by atoms with Gasteiger partial charge < -0.3 is 16.0 Å². The second kappa shape index (κ2) is 8.95. The fourth-order valence-corrected chi connectivity index (χ4v) is 3.46. The van der Waals surface area contributed by atoms with Gasteiger partial charge in [-0.05, 0) is 24.8 Å². The van der Waals surface area contributed by atoms with Crippen LogP contribution in [0.1, 0.15) is 44.0 Å².